The Morgan fingerprint density at radius 3 is 2.33 bits per heavy atom. The molecule has 0 aromatic carbocycles. The van der Waals surface area contributed by atoms with Crippen molar-refractivity contribution in [3.05, 3.63) is 0 Å². The lowest BCUT2D eigenvalue weighted by Crippen LogP contribution is -2.49. The van der Waals surface area contributed by atoms with Crippen LogP contribution in [0.3, 0.4) is 0 Å². The zero-order chi connectivity index (χ0) is 16.5. The number of likely N-dealkylation sites (tertiary alicyclic amines) is 1. The largest absolute Gasteiger partial charge is 0.481 e. The van der Waals surface area contributed by atoms with E-state index in [1.165, 1.54) is 13.8 Å². The molecule has 0 saturated carbocycles. The Morgan fingerprint density at radius 1 is 1.33 bits per heavy atom. The van der Waals surface area contributed by atoms with Crippen LogP contribution < -0.4 is 5.32 Å². The number of alkyl halides is 3. The van der Waals surface area contributed by atoms with Crippen molar-refractivity contribution in [2.45, 2.75) is 38.5 Å². The molecule has 0 aromatic rings. The number of rotatable bonds is 4. The number of urea groups is 1. The molecule has 1 heterocycles. The van der Waals surface area contributed by atoms with E-state index in [1.54, 1.807) is 0 Å². The first-order chi connectivity index (χ1) is 9.39. The molecule has 0 radical (unpaired) electrons. The fourth-order valence-corrected chi connectivity index (χ4v) is 1.90. The van der Waals surface area contributed by atoms with E-state index in [-0.39, 0.29) is 19.5 Å². The highest BCUT2D eigenvalue weighted by Crippen LogP contribution is 2.37. The van der Waals surface area contributed by atoms with E-state index in [1.807, 2.05) is 0 Å². The van der Waals surface area contributed by atoms with E-state index < -0.39 is 42.2 Å². The third-order valence-corrected chi connectivity index (χ3v) is 3.67. The maximum absolute atomic E-state index is 12.6. The molecule has 2 amide bonds. The molecule has 6 nitrogen and oxygen atoms in total. The van der Waals surface area contributed by atoms with E-state index >= 15 is 0 Å². The molecule has 1 aliphatic rings. The Kier molecular flexibility index (Phi) is 4.76. The molecule has 9 heteroatoms. The molecule has 1 rings (SSSR count). The molecule has 0 aliphatic carbocycles. The number of aliphatic hydroxyl groups is 1. The van der Waals surface area contributed by atoms with Crippen LogP contribution >= 0.6 is 0 Å². The molecule has 3 N–H and O–H groups in total. The molecule has 1 unspecified atom stereocenters. The number of carbonyl (C=O) groups is 2. The van der Waals surface area contributed by atoms with E-state index in [4.69, 9.17) is 5.11 Å². The van der Waals surface area contributed by atoms with Crippen molar-refractivity contribution in [3.63, 3.8) is 0 Å². The lowest BCUT2D eigenvalue weighted by atomic mass is 9.90. The van der Waals surface area contributed by atoms with Gasteiger partial charge in [-0.05, 0) is 20.3 Å². The number of hydrogen-bond donors (Lipinski definition) is 3. The number of aliphatic carboxylic acids is 1. The van der Waals surface area contributed by atoms with Crippen LogP contribution in [0.4, 0.5) is 18.0 Å². The van der Waals surface area contributed by atoms with E-state index in [0.717, 1.165) is 4.90 Å². The highest BCUT2D eigenvalue weighted by Gasteiger charge is 2.57. The summed E-state index contributed by atoms with van der Waals surface area (Å²) in [5.74, 6) is -1.02. The van der Waals surface area contributed by atoms with Crippen LogP contribution in [-0.4, -0.2) is 58.5 Å². The first-order valence-electron chi connectivity index (χ1n) is 6.44. The summed E-state index contributed by atoms with van der Waals surface area (Å²) >= 11 is 0. The minimum Gasteiger partial charge on any atom is -0.481 e. The van der Waals surface area contributed by atoms with E-state index in [0.29, 0.717) is 0 Å². The van der Waals surface area contributed by atoms with Crippen LogP contribution in [0.1, 0.15) is 26.7 Å². The Hall–Kier alpha value is -1.51. The number of hydrogen-bond acceptors (Lipinski definition) is 3. The van der Waals surface area contributed by atoms with Crippen LogP contribution in [0.2, 0.25) is 0 Å². The third-order valence-electron chi connectivity index (χ3n) is 3.67. The average molecular weight is 312 g/mol. The van der Waals surface area contributed by atoms with Gasteiger partial charge in [-0.3, -0.25) is 4.79 Å². The SMILES string of the molecule is CC(C)(CCNC(=O)N1CCC(O)(C(F)(F)F)C1)C(=O)O. The number of carbonyl (C=O) groups excluding carboxylic acids is 1. The molecule has 1 atom stereocenters. The topological polar surface area (TPSA) is 89.9 Å². The molecule has 122 valence electrons. The Labute approximate surface area is 119 Å². The van der Waals surface area contributed by atoms with Gasteiger partial charge in [0.1, 0.15) is 0 Å². The molecule has 1 fully saturated rings. The summed E-state index contributed by atoms with van der Waals surface area (Å²) in [5.41, 5.74) is -3.91. The summed E-state index contributed by atoms with van der Waals surface area (Å²) in [5, 5.41) is 20.7. The van der Waals surface area contributed by atoms with Gasteiger partial charge in [-0.2, -0.15) is 13.2 Å². The molecule has 1 saturated heterocycles. The van der Waals surface area contributed by atoms with Crippen LogP contribution in [0.15, 0.2) is 0 Å². The number of carboxylic acid groups (broad SMARTS) is 1. The quantitative estimate of drug-likeness (QED) is 0.727. The zero-order valence-corrected chi connectivity index (χ0v) is 11.8. The maximum atomic E-state index is 12.6. The summed E-state index contributed by atoms with van der Waals surface area (Å²) in [6.45, 7) is 1.98. The highest BCUT2D eigenvalue weighted by atomic mass is 19.4. The molecular weight excluding hydrogens is 293 g/mol. The first-order valence-corrected chi connectivity index (χ1v) is 6.44. The Balaban J connectivity index is 2.47. The molecule has 1 aliphatic heterocycles. The van der Waals surface area contributed by atoms with Crippen molar-refractivity contribution in [2.75, 3.05) is 19.6 Å². The van der Waals surface area contributed by atoms with Gasteiger partial charge in [0.25, 0.3) is 0 Å². The summed E-state index contributed by atoms with van der Waals surface area (Å²) in [7, 11) is 0. The Bertz CT molecular complexity index is 425. The normalized spacial score (nSPS) is 23.2. The van der Waals surface area contributed by atoms with Crippen molar-refractivity contribution in [1.82, 2.24) is 10.2 Å². The molecule has 0 spiro atoms. The van der Waals surface area contributed by atoms with Gasteiger partial charge >= 0.3 is 18.2 Å². The van der Waals surface area contributed by atoms with Crippen molar-refractivity contribution < 1.29 is 33.0 Å². The molecule has 0 bridgehead atoms. The summed E-state index contributed by atoms with van der Waals surface area (Å²) in [6, 6.07) is -0.739. The van der Waals surface area contributed by atoms with Gasteiger partial charge in [0, 0.05) is 19.5 Å². The third kappa shape index (κ3) is 3.99. The van der Waals surface area contributed by atoms with Gasteiger partial charge in [-0.1, -0.05) is 0 Å². The second kappa shape index (κ2) is 5.70. The molecule has 21 heavy (non-hydrogen) atoms. The number of carboxylic acids is 1. The fraction of sp³-hybridized carbons (Fsp3) is 0.833. The second-order valence-corrected chi connectivity index (χ2v) is 5.87. The summed E-state index contributed by atoms with van der Waals surface area (Å²) < 4.78 is 37.8. The number of β-amino-alcohol motifs (C(OH)–C–C–N with tert-alkyl or cyclic N) is 1. The van der Waals surface area contributed by atoms with Crippen molar-refractivity contribution in [1.29, 1.82) is 0 Å². The summed E-state index contributed by atoms with van der Waals surface area (Å²) in [6.07, 6.45) is -5.21. The lowest BCUT2D eigenvalue weighted by molar-refractivity contribution is -0.253. The van der Waals surface area contributed by atoms with Crippen molar-refractivity contribution in [2.24, 2.45) is 5.41 Å². The van der Waals surface area contributed by atoms with E-state index in [2.05, 4.69) is 5.32 Å². The second-order valence-electron chi connectivity index (χ2n) is 5.87. The number of amides is 2. The van der Waals surface area contributed by atoms with E-state index in [9.17, 15) is 27.9 Å². The smallest absolute Gasteiger partial charge is 0.419 e. The molecule has 0 aromatic heterocycles. The highest BCUT2D eigenvalue weighted by molar-refractivity contribution is 5.75. The minimum absolute atomic E-state index is 0.0269. The Morgan fingerprint density at radius 2 is 1.90 bits per heavy atom. The van der Waals surface area contributed by atoms with Crippen LogP contribution in [0.25, 0.3) is 0 Å². The molecular formula is C12H19F3N2O4. The lowest BCUT2D eigenvalue weighted by Gasteiger charge is -2.26. The first kappa shape index (κ1) is 17.5. The van der Waals surface area contributed by atoms with Crippen LogP contribution in [0.5, 0.6) is 0 Å². The minimum atomic E-state index is -4.78. The van der Waals surface area contributed by atoms with Crippen LogP contribution in [0, 0.1) is 5.41 Å². The number of halogens is 3. The number of nitrogens with one attached hydrogen (secondary N) is 1. The van der Waals surface area contributed by atoms with Crippen molar-refractivity contribution >= 4 is 12.0 Å². The van der Waals surface area contributed by atoms with Gasteiger partial charge in [0.05, 0.1) is 12.0 Å². The zero-order valence-electron chi connectivity index (χ0n) is 11.8. The monoisotopic (exact) mass is 312 g/mol. The predicted molar refractivity (Wildman–Crippen MR) is 66.6 cm³/mol. The fourth-order valence-electron chi connectivity index (χ4n) is 1.90. The van der Waals surface area contributed by atoms with Crippen molar-refractivity contribution in [3.8, 4) is 0 Å². The van der Waals surface area contributed by atoms with Gasteiger partial charge in [0.2, 0.25) is 0 Å². The maximum Gasteiger partial charge on any atom is 0.419 e. The standard InChI is InChI=1S/C12H19F3N2O4/c1-10(2,8(18)19)3-5-16-9(20)17-6-4-11(21,7-17)12(13,14)15/h21H,3-7H2,1-2H3,(H,16,20)(H,18,19). The summed E-state index contributed by atoms with van der Waals surface area (Å²) in [4.78, 5) is 23.4. The average Bonchev–Trinajstić information content (AvgIpc) is 2.72. The van der Waals surface area contributed by atoms with Crippen LogP contribution in [-0.2, 0) is 4.79 Å². The number of nitrogens with zero attached hydrogens (tertiary/aromatic N) is 1. The van der Waals surface area contributed by atoms with Gasteiger partial charge in [0.15, 0.2) is 5.60 Å². The van der Waals surface area contributed by atoms with Gasteiger partial charge in [-0.15, -0.1) is 0 Å². The van der Waals surface area contributed by atoms with Gasteiger partial charge in [-0.25, -0.2) is 4.79 Å². The predicted octanol–water partition coefficient (Wildman–Crippen LogP) is 1.20. The van der Waals surface area contributed by atoms with Gasteiger partial charge < -0.3 is 20.4 Å².